The summed E-state index contributed by atoms with van der Waals surface area (Å²) in [5.74, 6) is 0. The van der Waals surface area contributed by atoms with E-state index < -0.39 is 20.9 Å². The highest BCUT2D eigenvalue weighted by molar-refractivity contribution is 5.68. The number of fused-ring (bicyclic) bond motifs is 1. The molecule has 0 bridgehead atoms. The fraction of sp³-hybridized carbons (Fsp3) is 0.600. The van der Waals surface area contributed by atoms with Gasteiger partial charge in [0.2, 0.25) is 0 Å². The van der Waals surface area contributed by atoms with E-state index in [1.165, 1.54) is 6.07 Å². The van der Waals surface area contributed by atoms with Crippen molar-refractivity contribution in [2.45, 2.75) is 59.3 Å². The van der Waals surface area contributed by atoms with Crippen LogP contribution in [-0.4, -0.2) is 9.85 Å². The van der Waals surface area contributed by atoms with Crippen LogP contribution in [0, 0.1) is 27.2 Å². The number of nitro benzene ring substituents is 2. The number of rotatable bonds is 2. The quantitative estimate of drug-likeness (QED) is 0.597. The van der Waals surface area contributed by atoms with Gasteiger partial charge in [-0.2, -0.15) is 0 Å². The summed E-state index contributed by atoms with van der Waals surface area (Å²) in [7, 11) is 0. The molecule has 1 aromatic carbocycles. The van der Waals surface area contributed by atoms with Crippen molar-refractivity contribution in [3.05, 3.63) is 43.0 Å². The van der Waals surface area contributed by atoms with Crippen LogP contribution >= 0.6 is 0 Å². The number of nitrogens with zero attached hydrogens (tertiary/aromatic N) is 2. The number of nitro groups is 2. The summed E-state index contributed by atoms with van der Waals surface area (Å²) in [4.78, 5) is 21.3. The number of aryl methyl sites for hydroxylation is 1. The molecule has 0 atom stereocenters. The monoisotopic (exact) mass is 294 g/mol. The van der Waals surface area contributed by atoms with Crippen LogP contribution in [0.5, 0.6) is 0 Å². The van der Waals surface area contributed by atoms with Crippen LogP contribution < -0.4 is 0 Å². The van der Waals surface area contributed by atoms with Gasteiger partial charge in [0, 0.05) is 11.6 Å². The molecular weight excluding hydrogens is 272 g/mol. The van der Waals surface area contributed by atoms with Gasteiger partial charge in [0.1, 0.15) is 0 Å². The van der Waals surface area contributed by atoms with Gasteiger partial charge in [0.25, 0.3) is 0 Å². The molecule has 2 rings (SSSR count). The summed E-state index contributed by atoms with van der Waals surface area (Å²) < 4.78 is 0. The molecule has 0 heterocycles. The highest BCUT2D eigenvalue weighted by atomic mass is 16.6. The number of benzene rings is 1. The lowest BCUT2D eigenvalue weighted by Crippen LogP contribution is -2.18. The molecule has 1 aliphatic carbocycles. The van der Waals surface area contributed by atoms with Gasteiger partial charge in [-0.15, -0.1) is 0 Å². The zero-order valence-corrected chi connectivity index (χ0v) is 12.3. The Morgan fingerprint density at radius 1 is 1.00 bits per heavy atom. The predicted molar refractivity (Wildman–Crippen MR) is 81.9 cm³/mol. The second kappa shape index (κ2) is 4.79. The van der Waals surface area contributed by atoms with Gasteiger partial charge in [0.05, 0.1) is 9.85 Å². The smallest absolute Gasteiger partial charge is 0.258 e. The summed E-state index contributed by atoms with van der Waals surface area (Å²) in [5.41, 5.74) is 0.760. The topological polar surface area (TPSA) is 86.3 Å². The van der Waals surface area contributed by atoms with Crippen molar-refractivity contribution in [3.8, 4) is 0 Å². The maximum absolute atomic E-state index is 11.4. The van der Waals surface area contributed by atoms with Crippen LogP contribution in [0.15, 0.2) is 6.07 Å². The summed E-state index contributed by atoms with van der Waals surface area (Å²) in [5, 5.41) is 22.5. The van der Waals surface area contributed by atoms with Crippen LogP contribution in [0.3, 0.4) is 0 Å². The van der Waals surface area contributed by atoms with E-state index in [1.807, 2.05) is 27.7 Å². The Hall–Kier alpha value is -1.98. The first-order valence-electron chi connectivity index (χ1n) is 6.46. The highest BCUT2D eigenvalue weighted by Gasteiger charge is 2.50. The maximum Gasteiger partial charge on any atom is 0.350 e. The van der Waals surface area contributed by atoms with Crippen molar-refractivity contribution in [2.24, 2.45) is 0 Å². The lowest BCUT2D eigenvalue weighted by atomic mass is 9.81. The van der Waals surface area contributed by atoms with Gasteiger partial charge in [-0.05, 0) is 35.3 Å². The standard InChI is InChI=1S/C14H18N2O4.CH4/c1-8-6-9(15(17)18)12(16(19)20)11-10(8)13(2,3)7-14(11,4)5;/h6H,7H2,1-5H3;1H4. The van der Waals surface area contributed by atoms with Crippen LogP contribution in [-0.2, 0) is 10.8 Å². The normalized spacial score (nSPS) is 17.8. The van der Waals surface area contributed by atoms with E-state index in [0.717, 1.165) is 17.5 Å². The molecule has 0 saturated carbocycles. The van der Waals surface area contributed by atoms with E-state index >= 15 is 0 Å². The van der Waals surface area contributed by atoms with E-state index in [-0.39, 0.29) is 18.5 Å². The third-order valence-electron chi connectivity index (χ3n) is 4.09. The van der Waals surface area contributed by atoms with Crippen molar-refractivity contribution in [1.29, 1.82) is 0 Å². The largest absolute Gasteiger partial charge is 0.350 e. The van der Waals surface area contributed by atoms with Crippen LogP contribution in [0.1, 0.15) is 58.2 Å². The average molecular weight is 294 g/mol. The Morgan fingerprint density at radius 3 is 1.90 bits per heavy atom. The Morgan fingerprint density at radius 2 is 1.48 bits per heavy atom. The second-order valence-corrected chi connectivity index (χ2v) is 6.77. The molecule has 0 N–H and O–H groups in total. The molecule has 0 spiro atoms. The van der Waals surface area contributed by atoms with Gasteiger partial charge in [-0.3, -0.25) is 20.2 Å². The van der Waals surface area contributed by atoms with E-state index in [4.69, 9.17) is 0 Å². The van der Waals surface area contributed by atoms with Crippen molar-refractivity contribution < 1.29 is 9.85 Å². The Balaban J connectivity index is 0.00000220. The molecule has 21 heavy (non-hydrogen) atoms. The molecular formula is C15H22N2O4. The van der Waals surface area contributed by atoms with Crippen LogP contribution in [0.2, 0.25) is 0 Å². The molecule has 0 amide bonds. The molecule has 0 radical (unpaired) electrons. The van der Waals surface area contributed by atoms with E-state index in [9.17, 15) is 20.2 Å². The molecule has 0 fully saturated rings. The molecule has 116 valence electrons. The highest BCUT2D eigenvalue weighted by Crippen LogP contribution is 2.55. The lowest BCUT2D eigenvalue weighted by Gasteiger charge is -2.22. The van der Waals surface area contributed by atoms with Crippen molar-refractivity contribution >= 4 is 11.4 Å². The van der Waals surface area contributed by atoms with Gasteiger partial charge >= 0.3 is 11.4 Å². The molecule has 0 aliphatic heterocycles. The molecule has 1 aliphatic rings. The minimum atomic E-state index is -0.660. The fourth-order valence-electron chi connectivity index (χ4n) is 3.93. The molecule has 6 heteroatoms. The van der Waals surface area contributed by atoms with E-state index in [0.29, 0.717) is 5.56 Å². The lowest BCUT2D eigenvalue weighted by molar-refractivity contribution is -0.423. The average Bonchev–Trinajstić information content (AvgIpc) is 2.43. The third kappa shape index (κ3) is 2.39. The maximum atomic E-state index is 11.4. The minimum Gasteiger partial charge on any atom is -0.258 e. The number of hydrogen-bond donors (Lipinski definition) is 0. The summed E-state index contributed by atoms with van der Waals surface area (Å²) >= 11 is 0. The first-order valence-corrected chi connectivity index (χ1v) is 6.46. The zero-order chi connectivity index (χ0) is 15.5. The van der Waals surface area contributed by atoms with Crippen LogP contribution in [0.25, 0.3) is 0 Å². The van der Waals surface area contributed by atoms with Crippen LogP contribution in [0.4, 0.5) is 11.4 Å². The molecule has 6 nitrogen and oxygen atoms in total. The predicted octanol–water partition coefficient (Wildman–Crippen LogP) is 4.41. The molecule has 0 aromatic heterocycles. The Labute approximate surface area is 124 Å². The van der Waals surface area contributed by atoms with Gasteiger partial charge in [0.15, 0.2) is 0 Å². The van der Waals surface area contributed by atoms with Gasteiger partial charge < -0.3 is 0 Å². The second-order valence-electron chi connectivity index (χ2n) is 6.77. The van der Waals surface area contributed by atoms with Crippen molar-refractivity contribution in [3.63, 3.8) is 0 Å². The first kappa shape index (κ1) is 17.1. The zero-order valence-electron chi connectivity index (χ0n) is 12.3. The van der Waals surface area contributed by atoms with E-state index in [1.54, 1.807) is 6.92 Å². The summed E-state index contributed by atoms with van der Waals surface area (Å²) in [6.45, 7) is 9.68. The Bertz CT molecular complexity index is 633. The minimum absolute atomic E-state index is 0. The molecule has 0 saturated heterocycles. The van der Waals surface area contributed by atoms with Crippen molar-refractivity contribution in [1.82, 2.24) is 0 Å². The molecule has 0 unspecified atom stereocenters. The Kier molecular flexibility index (Phi) is 3.89. The van der Waals surface area contributed by atoms with E-state index in [2.05, 4.69) is 0 Å². The third-order valence-corrected chi connectivity index (χ3v) is 4.09. The van der Waals surface area contributed by atoms with Gasteiger partial charge in [-0.1, -0.05) is 35.1 Å². The SMILES string of the molecule is C.Cc1cc([N+](=O)[O-])c([N+](=O)[O-])c2c1C(C)(C)CC2(C)C. The summed E-state index contributed by atoms with van der Waals surface area (Å²) in [6, 6.07) is 1.33. The first-order chi connectivity index (χ1) is 8.99. The molecule has 1 aromatic rings. The number of hydrogen-bond acceptors (Lipinski definition) is 4. The van der Waals surface area contributed by atoms with Crippen molar-refractivity contribution in [2.75, 3.05) is 0 Å². The van der Waals surface area contributed by atoms with Gasteiger partial charge in [-0.25, -0.2) is 0 Å². The fourth-order valence-corrected chi connectivity index (χ4v) is 3.93. The summed E-state index contributed by atoms with van der Waals surface area (Å²) in [6.07, 6.45) is 0.734.